The highest BCUT2D eigenvalue weighted by molar-refractivity contribution is 7.18. The zero-order valence-corrected chi connectivity index (χ0v) is 16.3. The van der Waals surface area contributed by atoms with Gasteiger partial charge >= 0.3 is 0 Å². The standard InChI is InChI=1S/C19H20ClN3O3S/c20-17-3-2-16(27-17)15(24)1-4-18(25)22-14-7-11-23(12-8-14)19(26)13-5-9-21-10-6-13/h2-3,5-6,9-10,14H,1,4,7-8,11-12H2,(H,22,25). The summed E-state index contributed by atoms with van der Waals surface area (Å²) >= 11 is 7.05. The third-order valence-corrected chi connectivity index (χ3v) is 5.77. The minimum atomic E-state index is -0.134. The molecule has 3 rings (SSSR count). The van der Waals surface area contributed by atoms with Crippen LogP contribution in [0.25, 0.3) is 0 Å². The van der Waals surface area contributed by atoms with Crippen LogP contribution in [0.1, 0.15) is 45.7 Å². The first-order chi connectivity index (χ1) is 13.0. The molecule has 2 amide bonds. The van der Waals surface area contributed by atoms with Gasteiger partial charge in [0.05, 0.1) is 9.21 Å². The first kappa shape index (κ1) is 19.5. The first-order valence-corrected chi connectivity index (χ1v) is 9.99. The average molecular weight is 406 g/mol. The van der Waals surface area contributed by atoms with Crippen molar-refractivity contribution in [3.63, 3.8) is 0 Å². The lowest BCUT2D eigenvalue weighted by molar-refractivity contribution is -0.122. The van der Waals surface area contributed by atoms with Crippen molar-refractivity contribution in [1.82, 2.24) is 15.2 Å². The van der Waals surface area contributed by atoms with Gasteiger partial charge < -0.3 is 10.2 Å². The molecule has 0 unspecified atom stereocenters. The Labute approximate surface area is 166 Å². The lowest BCUT2D eigenvalue weighted by Gasteiger charge is -2.32. The Bertz CT molecular complexity index is 817. The van der Waals surface area contributed by atoms with Crippen molar-refractivity contribution in [1.29, 1.82) is 0 Å². The molecule has 0 saturated carbocycles. The third-order valence-electron chi connectivity index (χ3n) is 4.50. The van der Waals surface area contributed by atoms with E-state index in [9.17, 15) is 14.4 Å². The van der Waals surface area contributed by atoms with Crippen molar-refractivity contribution in [2.45, 2.75) is 31.7 Å². The predicted molar refractivity (Wildman–Crippen MR) is 104 cm³/mol. The van der Waals surface area contributed by atoms with Crippen LogP contribution in [0.2, 0.25) is 4.34 Å². The van der Waals surface area contributed by atoms with Crippen LogP contribution in [-0.2, 0) is 4.79 Å². The maximum Gasteiger partial charge on any atom is 0.253 e. The van der Waals surface area contributed by atoms with Crippen LogP contribution < -0.4 is 5.32 Å². The van der Waals surface area contributed by atoms with Crippen LogP contribution in [0, 0.1) is 0 Å². The molecule has 27 heavy (non-hydrogen) atoms. The molecule has 0 aromatic carbocycles. The molecule has 0 radical (unpaired) electrons. The van der Waals surface area contributed by atoms with E-state index in [1.165, 1.54) is 11.3 Å². The summed E-state index contributed by atoms with van der Waals surface area (Å²) in [6.07, 6.45) is 4.94. The van der Waals surface area contributed by atoms with Crippen LogP contribution in [-0.4, -0.2) is 46.6 Å². The molecule has 1 aliphatic heterocycles. The van der Waals surface area contributed by atoms with Gasteiger partial charge in [0.15, 0.2) is 5.78 Å². The Balaban J connectivity index is 1.40. The molecule has 2 aromatic heterocycles. The smallest absolute Gasteiger partial charge is 0.253 e. The number of hydrogen-bond donors (Lipinski definition) is 1. The van der Waals surface area contributed by atoms with E-state index in [0.717, 1.165) is 0 Å². The Kier molecular flexibility index (Phi) is 6.58. The number of amides is 2. The lowest BCUT2D eigenvalue weighted by Crippen LogP contribution is -2.46. The van der Waals surface area contributed by atoms with E-state index in [4.69, 9.17) is 11.6 Å². The molecular formula is C19H20ClN3O3S. The topological polar surface area (TPSA) is 79.4 Å². The van der Waals surface area contributed by atoms with Gasteiger partial charge in [-0.3, -0.25) is 19.4 Å². The Hall–Kier alpha value is -2.25. The van der Waals surface area contributed by atoms with Crippen molar-refractivity contribution < 1.29 is 14.4 Å². The van der Waals surface area contributed by atoms with Crippen molar-refractivity contribution in [2.24, 2.45) is 0 Å². The minimum Gasteiger partial charge on any atom is -0.353 e. The fourth-order valence-electron chi connectivity index (χ4n) is 3.02. The molecule has 2 aromatic rings. The van der Waals surface area contributed by atoms with Gasteiger partial charge in [0.1, 0.15) is 0 Å². The average Bonchev–Trinajstić information content (AvgIpc) is 3.13. The van der Waals surface area contributed by atoms with E-state index in [1.807, 2.05) is 0 Å². The summed E-state index contributed by atoms with van der Waals surface area (Å²) in [6.45, 7) is 1.19. The SMILES string of the molecule is O=C(CCC(=O)c1ccc(Cl)s1)NC1CCN(C(=O)c2ccncc2)CC1. The molecule has 1 N–H and O–H groups in total. The number of ketones is 1. The van der Waals surface area contributed by atoms with E-state index >= 15 is 0 Å². The Morgan fingerprint density at radius 2 is 1.81 bits per heavy atom. The fourth-order valence-corrected chi connectivity index (χ4v) is 4.03. The number of nitrogens with zero attached hydrogens (tertiary/aromatic N) is 2. The summed E-state index contributed by atoms with van der Waals surface area (Å²) in [5.74, 6) is -0.216. The highest BCUT2D eigenvalue weighted by Gasteiger charge is 2.24. The van der Waals surface area contributed by atoms with E-state index in [0.29, 0.717) is 40.7 Å². The third kappa shape index (κ3) is 5.37. The number of nitrogens with one attached hydrogen (secondary N) is 1. The number of hydrogen-bond acceptors (Lipinski definition) is 5. The van der Waals surface area contributed by atoms with Crippen LogP contribution in [0.15, 0.2) is 36.7 Å². The van der Waals surface area contributed by atoms with E-state index in [1.54, 1.807) is 41.6 Å². The molecule has 1 saturated heterocycles. The van der Waals surface area contributed by atoms with Gasteiger partial charge in [0, 0.05) is 49.9 Å². The summed E-state index contributed by atoms with van der Waals surface area (Å²) in [7, 11) is 0. The van der Waals surface area contributed by atoms with Crippen LogP contribution in [0.4, 0.5) is 0 Å². The van der Waals surface area contributed by atoms with Gasteiger partial charge in [-0.15, -0.1) is 11.3 Å². The second kappa shape index (κ2) is 9.10. The van der Waals surface area contributed by atoms with Crippen LogP contribution in [0.5, 0.6) is 0 Å². The maximum atomic E-state index is 12.4. The number of carbonyl (C=O) groups is 3. The highest BCUT2D eigenvalue weighted by atomic mass is 35.5. The van der Waals surface area contributed by atoms with Gasteiger partial charge in [-0.05, 0) is 37.1 Å². The molecule has 0 atom stereocenters. The van der Waals surface area contributed by atoms with Crippen molar-refractivity contribution in [3.05, 3.63) is 51.4 Å². The highest BCUT2D eigenvalue weighted by Crippen LogP contribution is 2.23. The monoisotopic (exact) mass is 405 g/mol. The molecule has 3 heterocycles. The van der Waals surface area contributed by atoms with Crippen molar-refractivity contribution >= 4 is 40.5 Å². The van der Waals surface area contributed by atoms with Gasteiger partial charge in [0.2, 0.25) is 5.91 Å². The summed E-state index contributed by atoms with van der Waals surface area (Å²) in [6, 6.07) is 6.80. The van der Waals surface area contributed by atoms with Crippen molar-refractivity contribution in [2.75, 3.05) is 13.1 Å². The van der Waals surface area contributed by atoms with Gasteiger partial charge in [-0.2, -0.15) is 0 Å². The number of rotatable bonds is 6. The van der Waals surface area contributed by atoms with Gasteiger partial charge in [-0.1, -0.05) is 11.6 Å². The molecule has 8 heteroatoms. The molecular weight excluding hydrogens is 386 g/mol. The summed E-state index contributed by atoms with van der Waals surface area (Å²) < 4.78 is 0.566. The molecule has 1 fully saturated rings. The quantitative estimate of drug-likeness (QED) is 0.748. The lowest BCUT2D eigenvalue weighted by atomic mass is 10.0. The van der Waals surface area contributed by atoms with E-state index < -0.39 is 0 Å². The number of Topliss-reactive ketones (excluding diaryl/α,β-unsaturated/α-hetero) is 1. The molecule has 142 valence electrons. The second-order valence-corrected chi connectivity index (χ2v) is 8.11. The molecule has 6 nitrogen and oxygen atoms in total. The number of piperidine rings is 1. The number of likely N-dealkylation sites (tertiary alicyclic amines) is 1. The molecule has 1 aliphatic rings. The van der Waals surface area contributed by atoms with Crippen LogP contribution in [0.3, 0.4) is 0 Å². The zero-order valence-electron chi connectivity index (χ0n) is 14.7. The van der Waals surface area contributed by atoms with Gasteiger partial charge in [0.25, 0.3) is 5.91 Å². The Morgan fingerprint density at radius 1 is 1.11 bits per heavy atom. The minimum absolute atomic E-state index is 0.0117. The first-order valence-electron chi connectivity index (χ1n) is 8.80. The van der Waals surface area contributed by atoms with E-state index in [2.05, 4.69) is 10.3 Å². The second-order valence-electron chi connectivity index (χ2n) is 6.40. The number of aromatic nitrogens is 1. The largest absolute Gasteiger partial charge is 0.353 e. The van der Waals surface area contributed by atoms with Crippen molar-refractivity contribution in [3.8, 4) is 0 Å². The normalized spacial score (nSPS) is 14.8. The number of carbonyl (C=O) groups excluding carboxylic acids is 3. The van der Waals surface area contributed by atoms with Gasteiger partial charge in [-0.25, -0.2) is 0 Å². The fraction of sp³-hybridized carbons (Fsp3) is 0.368. The van der Waals surface area contributed by atoms with E-state index in [-0.39, 0.29) is 36.5 Å². The Morgan fingerprint density at radius 3 is 2.44 bits per heavy atom. The summed E-state index contributed by atoms with van der Waals surface area (Å²) in [5.41, 5.74) is 0.625. The van der Waals surface area contributed by atoms with Crippen LogP contribution >= 0.6 is 22.9 Å². The summed E-state index contributed by atoms with van der Waals surface area (Å²) in [4.78, 5) is 42.8. The molecule has 0 spiro atoms. The maximum absolute atomic E-state index is 12.4. The number of pyridine rings is 1. The molecule has 0 aliphatic carbocycles. The molecule has 0 bridgehead atoms. The number of halogens is 1. The zero-order chi connectivity index (χ0) is 19.2. The predicted octanol–water partition coefficient (Wildman–Crippen LogP) is 3.18. The number of thiophene rings is 1. The summed E-state index contributed by atoms with van der Waals surface area (Å²) in [5, 5.41) is 2.97.